The van der Waals surface area contributed by atoms with Crippen molar-refractivity contribution < 1.29 is 28.0 Å². The Balaban J connectivity index is 1.52. The van der Waals surface area contributed by atoms with Crippen LogP contribution in [0.15, 0.2) is 101 Å². The fourth-order valence-electron chi connectivity index (χ4n) is 8.15. The molecule has 0 radical (unpaired) electrons. The van der Waals surface area contributed by atoms with Crippen molar-refractivity contribution in [3.63, 3.8) is 0 Å². The van der Waals surface area contributed by atoms with Gasteiger partial charge in [-0.05, 0) is 88.4 Å². The van der Waals surface area contributed by atoms with Gasteiger partial charge in [-0.2, -0.15) is 5.26 Å². The Morgan fingerprint density at radius 2 is 1.49 bits per heavy atom. The van der Waals surface area contributed by atoms with Crippen molar-refractivity contribution in [1.82, 2.24) is 14.2 Å². The number of nitrogens with zero attached hydrogens (tertiary/aromatic N) is 3. The number of H-pyrrole nitrogens is 1. The quantitative estimate of drug-likeness (QED) is 0.0662. The highest BCUT2D eigenvalue weighted by atomic mass is 31.2. The molecule has 0 spiro atoms. The molecule has 13 heteroatoms. The van der Waals surface area contributed by atoms with Crippen LogP contribution in [0, 0.1) is 17.2 Å². The lowest BCUT2D eigenvalue weighted by Gasteiger charge is -2.45. The van der Waals surface area contributed by atoms with E-state index in [9.17, 15) is 14.9 Å². The zero-order valence-electron chi connectivity index (χ0n) is 32.5. The van der Waals surface area contributed by atoms with Gasteiger partial charge in [-0.25, -0.2) is 9.46 Å². The zero-order chi connectivity index (χ0) is 39.3. The van der Waals surface area contributed by atoms with Crippen LogP contribution in [0.4, 0.5) is 0 Å². The molecule has 1 aliphatic carbocycles. The Morgan fingerprint density at radius 1 is 0.909 bits per heavy atom. The van der Waals surface area contributed by atoms with Crippen molar-refractivity contribution in [2.75, 3.05) is 20.8 Å². The number of nitrogens with one attached hydrogen (secondary N) is 1. The van der Waals surface area contributed by atoms with Crippen LogP contribution < -0.4 is 20.7 Å². The van der Waals surface area contributed by atoms with Gasteiger partial charge in [-0.1, -0.05) is 54.6 Å². The van der Waals surface area contributed by atoms with E-state index in [1.807, 2.05) is 85.8 Å². The van der Waals surface area contributed by atoms with Crippen LogP contribution in [0.1, 0.15) is 76.8 Å². The molecular weight excluding hydrogens is 719 g/mol. The molecule has 6 rings (SSSR count). The van der Waals surface area contributed by atoms with E-state index in [0.717, 1.165) is 16.7 Å². The van der Waals surface area contributed by atoms with Crippen molar-refractivity contribution in [3.8, 4) is 17.6 Å². The summed E-state index contributed by atoms with van der Waals surface area (Å²) in [4.78, 5) is 27.9. The number of nitriles is 1. The minimum absolute atomic E-state index is 0.0614. The molecule has 12 nitrogen and oxygen atoms in total. The Bertz CT molecular complexity index is 1980. The van der Waals surface area contributed by atoms with Gasteiger partial charge in [-0.3, -0.25) is 14.3 Å². The standard InChI is InChI=1S/C42H51N4O8P/c1-28(2)46(29(3)4)55(51-27-11-25-43)54-38-36-22-24-41(38,53-39(36)45-26-23-37(47)44-40(45)48)30(5)52-42(31-12-9-8-10-13-31,32-14-18-34(49-6)19-15-32)33-16-20-35(50-7)21-17-33/h8-10,12-21,23,26,28-30,36,38-39H,11,22,24,27H2,1-7H3,(H,44,47,48)/t30?,36-,38-,39?,41?,55?/m1/s1. The van der Waals surface area contributed by atoms with Gasteiger partial charge in [0.2, 0.25) is 0 Å². The van der Waals surface area contributed by atoms with Gasteiger partial charge in [0.15, 0.2) is 0 Å². The first-order valence-corrected chi connectivity index (χ1v) is 19.9. The minimum atomic E-state index is -1.70. The molecule has 4 unspecified atom stereocenters. The third-order valence-corrected chi connectivity index (χ3v) is 12.8. The number of aromatic amines is 1. The van der Waals surface area contributed by atoms with Crippen LogP contribution in [-0.4, -0.2) is 64.9 Å². The molecular formula is C42H51N4O8P. The molecule has 0 amide bonds. The fraction of sp³-hybridized carbons (Fsp3) is 0.452. The largest absolute Gasteiger partial charge is 0.497 e. The van der Waals surface area contributed by atoms with Crippen LogP contribution in [0.3, 0.4) is 0 Å². The number of aromatic nitrogens is 2. The summed E-state index contributed by atoms with van der Waals surface area (Å²) in [7, 11) is 1.57. The van der Waals surface area contributed by atoms with E-state index in [4.69, 9.17) is 28.0 Å². The number of hydrogen-bond donors (Lipinski definition) is 1. The topological polar surface area (TPSA) is 137 Å². The maximum Gasteiger partial charge on any atom is 0.330 e. The summed E-state index contributed by atoms with van der Waals surface area (Å²) in [5.74, 6) is 1.11. The zero-order valence-corrected chi connectivity index (χ0v) is 33.4. The first-order valence-electron chi connectivity index (χ1n) is 18.8. The third kappa shape index (κ3) is 7.88. The molecule has 1 saturated heterocycles. The second-order valence-electron chi connectivity index (χ2n) is 14.5. The molecule has 1 saturated carbocycles. The first-order chi connectivity index (χ1) is 26.5. The summed E-state index contributed by atoms with van der Waals surface area (Å²) in [6, 6.07) is 29.4. The molecule has 55 heavy (non-hydrogen) atoms. The number of hydrogen-bond acceptors (Lipinski definition) is 10. The van der Waals surface area contributed by atoms with Crippen LogP contribution >= 0.6 is 8.53 Å². The van der Waals surface area contributed by atoms with Crippen molar-refractivity contribution in [1.29, 1.82) is 5.26 Å². The first kappa shape index (κ1) is 40.3. The van der Waals surface area contributed by atoms with Crippen LogP contribution in [0.5, 0.6) is 11.5 Å². The average Bonchev–Trinajstić information content (AvgIpc) is 3.69. The Hall–Kier alpha value is -4.34. The second-order valence-corrected chi connectivity index (χ2v) is 15.9. The second kappa shape index (κ2) is 17.2. The number of benzene rings is 3. The number of rotatable bonds is 17. The molecule has 1 aliphatic heterocycles. The lowest BCUT2D eigenvalue weighted by atomic mass is 9.79. The molecule has 1 N–H and O–H groups in total. The predicted octanol–water partition coefficient (Wildman–Crippen LogP) is 7.29. The lowest BCUT2D eigenvalue weighted by Crippen LogP contribution is -2.52. The third-order valence-electron chi connectivity index (χ3n) is 10.7. The molecule has 3 aromatic carbocycles. The molecule has 4 aromatic rings. The average molecular weight is 771 g/mol. The van der Waals surface area contributed by atoms with E-state index < -0.39 is 49.4 Å². The van der Waals surface area contributed by atoms with Crippen LogP contribution in [0.2, 0.25) is 0 Å². The van der Waals surface area contributed by atoms with E-state index >= 15 is 0 Å². The van der Waals surface area contributed by atoms with Crippen molar-refractivity contribution in [2.45, 2.75) is 95.6 Å². The van der Waals surface area contributed by atoms with E-state index in [1.54, 1.807) is 14.2 Å². The molecule has 6 atom stereocenters. The smallest absolute Gasteiger partial charge is 0.330 e. The maximum atomic E-state index is 13.3. The van der Waals surface area contributed by atoms with Gasteiger partial charge in [0.05, 0.1) is 39.4 Å². The molecule has 2 heterocycles. The van der Waals surface area contributed by atoms with Gasteiger partial charge in [-0.15, -0.1) is 0 Å². The van der Waals surface area contributed by atoms with E-state index in [1.165, 1.54) is 16.8 Å². The Labute approximate surface area is 323 Å². The van der Waals surface area contributed by atoms with Gasteiger partial charge in [0, 0.05) is 30.3 Å². The van der Waals surface area contributed by atoms with E-state index in [2.05, 4.69) is 43.4 Å². The molecule has 2 fully saturated rings. The summed E-state index contributed by atoms with van der Waals surface area (Å²) in [6.07, 6.45) is 0.899. The molecule has 2 bridgehead atoms. The summed E-state index contributed by atoms with van der Waals surface area (Å²) in [5, 5.41) is 9.40. The van der Waals surface area contributed by atoms with Gasteiger partial charge < -0.3 is 28.0 Å². The summed E-state index contributed by atoms with van der Waals surface area (Å²) in [6.45, 7) is 10.6. The highest BCUT2D eigenvalue weighted by Gasteiger charge is 2.66. The lowest BCUT2D eigenvalue weighted by molar-refractivity contribution is -0.203. The number of fused-ring (bicyclic) bond motifs is 2. The van der Waals surface area contributed by atoms with Crippen molar-refractivity contribution in [2.24, 2.45) is 5.92 Å². The minimum Gasteiger partial charge on any atom is -0.497 e. The highest BCUT2D eigenvalue weighted by molar-refractivity contribution is 7.44. The van der Waals surface area contributed by atoms with Crippen LogP contribution in [-0.2, 0) is 24.1 Å². The van der Waals surface area contributed by atoms with Gasteiger partial charge in [0.25, 0.3) is 14.1 Å². The van der Waals surface area contributed by atoms with Crippen molar-refractivity contribution >= 4 is 8.53 Å². The van der Waals surface area contributed by atoms with Gasteiger partial charge in [0.1, 0.15) is 35.0 Å². The fourth-order valence-corrected chi connectivity index (χ4v) is 9.99. The monoisotopic (exact) mass is 770 g/mol. The Morgan fingerprint density at radius 3 is 2.02 bits per heavy atom. The number of ether oxygens (including phenoxy) is 4. The van der Waals surface area contributed by atoms with Gasteiger partial charge >= 0.3 is 5.69 Å². The summed E-state index contributed by atoms with van der Waals surface area (Å²) < 4.78 is 43.1. The van der Waals surface area contributed by atoms with E-state index in [0.29, 0.717) is 24.3 Å². The Kier molecular flexibility index (Phi) is 12.6. The molecule has 292 valence electrons. The van der Waals surface area contributed by atoms with Crippen LogP contribution in [0.25, 0.3) is 0 Å². The summed E-state index contributed by atoms with van der Waals surface area (Å²) in [5.41, 5.74) is -0.695. The number of methoxy groups -OCH3 is 2. The maximum absolute atomic E-state index is 13.3. The van der Waals surface area contributed by atoms with Crippen molar-refractivity contribution in [3.05, 3.63) is 129 Å². The molecule has 1 aromatic heterocycles. The SMILES string of the molecule is COc1ccc(C(OC(C)C23CC[C@@H](C(n4ccc(=O)[nH]c4=O)O2)[C@H]3OP(OCCC#N)N(C(C)C)C(C)C)(c2ccccc2)c2ccc(OC)cc2)cc1. The summed E-state index contributed by atoms with van der Waals surface area (Å²) >= 11 is 0. The normalized spacial score (nSPS) is 21.9. The highest BCUT2D eigenvalue weighted by Crippen LogP contribution is 2.61. The predicted molar refractivity (Wildman–Crippen MR) is 210 cm³/mol. The van der Waals surface area contributed by atoms with E-state index in [-0.39, 0.29) is 31.0 Å². The molecule has 2 aliphatic rings.